The van der Waals surface area contributed by atoms with E-state index in [4.69, 9.17) is 9.97 Å². The fourth-order valence-corrected chi connectivity index (χ4v) is 24.9. The molecule has 35 heteroatoms. The van der Waals surface area contributed by atoms with Crippen LogP contribution in [0.5, 0.6) is 0 Å². The number of piperazine rings is 2. The van der Waals surface area contributed by atoms with Crippen molar-refractivity contribution in [1.82, 2.24) is 75.5 Å². The maximum absolute atomic E-state index is 16.8. The summed E-state index contributed by atoms with van der Waals surface area (Å²) in [6, 6.07) is 20.6. The average molecular weight is 1870 g/mol. The molecule has 14 aliphatic rings. The topological polar surface area (TPSA) is 311 Å². The number of likely N-dealkylation sites (N-methyl/N-ethyl adjacent to an activating group) is 2. The number of carbonyl (C=O) groups is 8. The van der Waals surface area contributed by atoms with E-state index >= 15 is 17.6 Å². The summed E-state index contributed by atoms with van der Waals surface area (Å²) in [7, 11) is 4.42. The van der Waals surface area contributed by atoms with Crippen LogP contribution >= 0.6 is 0 Å². The minimum atomic E-state index is -0.687. The zero-order chi connectivity index (χ0) is 94.2. The highest BCUT2D eigenvalue weighted by atomic mass is 19.1. The van der Waals surface area contributed by atoms with Crippen molar-refractivity contribution in [3.05, 3.63) is 142 Å². The number of hydrogen-bond donors (Lipinski definition) is 7. The first-order chi connectivity index (χ1) is 65.4. The number of piperidine rings is 6. The molecule has 136 heavy (non-hydrogen) atoms. The first-order valence-electron chi connectivity index (χ1n) is 49.8. The third-order valence-electron chi connectivity index (χ3n) is 33.2. The summed E-state index contributed by atoms with van der Waals surface area (Å²) in [6.45, 7) is 22.4. The highest BCUT2D eigenvalue weighted by Crippen LogP contribution is 2.46. The summed E-state index contributed by atoms with van der Waals surface area (Å²) >= 11 is 0. The van der Waals surface area contributed by atoms with Crippen molar-refractivity contribution in [2.24, 2.45) is 34.5 Å². The Bertz CT molecular complexity index is 5550. The highest BCUT2D eigenvalue weighted by Gasteiger charge is 2.50. The number of nitrogens with one attached hydrogen (secondary N) is 7. The van der Waals surface area contributed by atoms with Crippen molar-refractivity contribution in [1.29, 1.82) is 0 Å². The molecule has 7 N–H and O–H groups in total. The predicted octanol–water partition coefficient (Wildman–Crippen LogP) is 8.58. The Hall–Kier alpha value is -10.9. The minimum absolute atomic E-state index is 0.0693. The summed E-state index contributed by atoms with van der Waals surface area (Å²) < 4.78 is 65.8. The number of hydrogen-bond acceptors (Lipinski definition) is 25. The van der Waals surface area contributed by atoms with Crippen LogP contribution in [0.25, 0.3) is 0 Å². The number of imide groups is 2. The zero-order valence-corrected chi connectivity index (χ0v) is 79.2. The number of aromatic nitrogens is 4. The van der Waals surface area contributed by atoms with Crippen molar-refractivity contribution in [3.8, 4) is 0 Å². The molecule has 4 aromatic carbocycles. The summed E-state index contributed by atoms with van der Waals surface area (Å²) in [5.41, 5.74) is 4.44. The lowest BCUT2D eigenvalue weighted by Crippen LogP contribution is -2.66. The molecule has 20 rings (SSSR count). The molecular weight excluding hydrogens is 1740 g/mol. The van der Waals surface area contributed by atoms with Crippen molar-refractivity contribution in [2.45, 2.75) is 198 Å². The third kappa shape index (κ3) is 20.0. The van der Waals surface area contributed by atoms with Gasteiger partial charge in [0, 0.05) is 214 Å². The molecule has 8 atom stereocenters. The Balaban J connectivity index is 0.426. The first kappa shape index (κ1) is 92.8. The number of benzene rings is 4. The van der Waals surface area contributed by atoms with E-state index in [1.54, 1.807) is 25.9 Å². The number of amides is 8. The van der Waals surface area contributed by atoms with Gasteiger partial charge in [-0.25, -0.2) is 37.5 Å². The van der Waals surface area contributed by atoms with Gasteiger partial charge < -0.3 is 75.6 Å². The van der Waals surface area contributed by atoms with Crippen LogP contribution in [0.3, 0.4) is 0 Å². The van der Waals surface area contributed by atoms with Gasteiger partial charge in [-0.15, -0.1) is 0 Å². The van der Waals surface area contributed by atoms with Crippen LogP contribution in [-0.2, 0) is 61.4 Å². The van der Waals surface area contributed by atoms with Crippen LogP contribution in [0.15, 0.2) is 79.1 Å². The lowest BCUT2D eigenvalue weighted by Gasteiger charge is -2.48. The van der Waals surface area contributed by atoms with E-state index in [1.807, 2.05) is 42.5 Å². The minimum Gasteiger partial charge on any atom is -0.385 e. The predicted molar refractivity (Wildman–Crippen MR) is 509 cm³/mol. The zero-order valence-electron chi connectivity index (χ0n) is 79.2. The van der Waals surface area contributed by atoms with Gasteiger partial charge in [-0.05, 0) is 237 Å². The normalized spacial score (nSPS) is 26.1. The van der Waals surface area contributed by atoms with E-state index in [2.05, 4.69) is 127 Å². The molecular formula is C101H131F4N23O8. The van der Waals surface area contributed by atoms with Gasteiger partial charge in [-0.3, -0.25) is 58.8 Å². The van der Waals surface area contributed by atoms with E-state index in [0.29, 0.717) is 188 Å². The maximum Gasteiger partial charge on any atom is 0.255 e. The van der Waals surface area contributed by atoms with Gasteiger partial charge in [0.05, 0.1) is 35.5 Å². The first-order valence-corrected chi connectivity index (χ1v) is 49.8. The van der Waals surface area contributed by atoms with Crippen LogP contribution in [0.1, 0.15) is 179 Å². The second kappa shape index (κ2) is 38.1. The van der Waals surface area contributed by atoms with Crippen molar-refractivity contribution in [3.63, 3.8) is 0 Å². The van der Waals surface area contributed by atoms with Gasteiger partial charge in [0.15, 0.2) is 0 Å². The average Bonchev–Trinajstić information content (AvgIpc) is 0.918. The molecule has 0 bridgehead atoms. The fourth-order valence-electron chi connectivity index (χ4n) is 24.9. The van der Waals surface area contributed by atoms with Gasteiger partial charge in [0.25, 0.3) is 11.8 Å². The Labute approximate surface area is 793 Å². The van der Waals surface area contributed by atoms with E-state index in [9.17, 15) is 38.4 Å². The molecule has 2 aromatic heterocycles. The summed E-state index contributed by atoms with van der Waals surface area (Å²) in [5.74, 6) is 1.70. The summed E-state index contributed by atoms with van der Waals surface area (Å²) in [5, 5.41) is 22.2. The van der Waals surface area contributed by atoms with Gasteiger partial charge in [0.2, 0.25) is 35.4 Å². The number of halogens is 4. The standard InChI is InChI=1S/C101H131F4N23O8/c1-98(2)15-27-119(28-16-98)52-69-43-79(104)83(45-77(69)102)126-59-93(132)116-101(61-126)21-33-123(34-22-101)89-48-86(108-25-36-118(5)73-38-63-50-121(51-64(63)39-73)26-6-23-106-71-7-9-75-67(37-71)56-127(96(75)135)81-11-13-90(129)113-94(81)133)111-87(112-89)49-99(3)17-29-120(30-18-99)53-70-44-80(105)84(46-78(70)103)125-58-92(131)115-100(60-125)19-31-122(32-20-100)88-47-85(109-62-110-88)107-24-35-117(4)74-40-65-54-124(55-66(65)41-74)72-8-10-76-68(42-72)57-128(97(76)136)82-12-14-91(130)114-95(82)134/h7-10,37,42-48,62-66,73-74,81-82,106H,6,11-36,38-41,49-61H2,1-5H3,(H,115,131)(H,116,132)(H,107,109,110)(H,108,111,112)(H,113,129,133)(H,114,130,134)/t63-,64+,65-,66+,73?,74?,81?,82?. The quantitative estimate of drug-likeness (QED) is 0.0137. The summed E-state index contributed by atoms with van der Waals surface area (Å²) in [4.78, 5) is 148. The number of fused-ring (bicyclic) bond motifs is 4. The number of nitrogens with zero attached hydrogens (tertiary/aromatic N) is 16. The number of rotatable bonds is 28. The maximum atomic E-state index is 16.8. The molecule has 2 spiro atoms. The smallest absolute Gasteiger partial charge is 0.255 e. The third-order valence-corrected chi connectivity index (χ3v) is 33.2. The van der Waals surface area contributed by atoms with Gasteiger partial charge >= 0.3 is 0 Å². The van der Waals surface area contributed by atoms with Crippen LogP contribution in [-0.4, -0.2) is 295 Å². The van der Waals surface area contributed by atoms with Crippen LogP contribution in [0.4, 0.5) is 63.6 Å². The molecule has 12 aliphatic heterocycles. The SMILES string of the molecule is CN(CCNc1cc(N2CCC3(CC2)CN(c2cc(F)c(CN4CCC(C)(C)CC4)cc2F)CC(=O)N3)nc(CC2(C)CCN(Cc3cc(F)c(N4CC(=O)NC5(CCN(c6cc(NCCN(C)C7C[C@@H]8CN(c9ccc%10c(c9)CN(C9CCC(=O)NC9=O)C%10=O)C[C@@H]8C7)ncn6)CC5)C4)cc3F)CC2)n1)C1C[C@@H]2CN(CCCNc3ccc4c(c3)CN(C3CCC(=O)NC3=O)C4=O)C[C@@H]2C1. The van der Waals surface area contributed by atoms with Crippen molar-refractivity contribution in [2.75, 3.05) is 199 Å². The van der Waals surface area contributed by atoms with Gasteiger partial charge in [0.1, 0.15) is 70.8 Å². The molecule has 726 valence electrons. The van der Waals surface area contributed by atoms with E-state index in [1.165, 1.54) is 24.3 Å². The number of likely N-dealkylation sites (tertiary alicyclic amines) is 3. The second-order valence-electron chi connectivity index (χ2n) is 43.2. The molecule has 8 amide bonds. The number of carbonyl (C=O) groups excluding carboxylic acids is 8. The molecule has 12 fully saturated rings. The van der Waals surface area contributed by atoms with Gasteiger partial charge in [-0.1, -0.05) is 20.8 Å². The van der Waals surface area contributed by atoms with Crippen molar-refractivity contribution < 1.29 is 55.9 Å². The molecule has 10 saturated heterocycles. The lowest BCUT2D eigenvalue weighted by atomic mass is 9.77. The Kier molecular flexibility index (Phi) is 26.0. The lowest BCUT2D eigenvalue weighted by molar-refractivity contribution is -0.138. The number of anilines is 8. The molecule has 4 unspecified atom stereocenters. The monoisotopic (exact) mass is 1870 g/mol. The van der Waals surface area contributed by atoms with Gasteiger partial charge in [-0.2, -0.15) is 0 Å². The molecule has 6 aromatic rings. The van der Waals surface area contributed by atoms with E-state index in [-0.39, 0.29) is 95.7 Å². The largest absolute Gasteiger partial charge is 0.385 e. The Morgan fingerprint density at radius 2 is 0.956 bits per heavy atom. The van der Waals surface area contributed by atoms with Crippen LogP contribution in [0, 0.1) is 57.8 Å². The highest BCUT2D eigenvalue weighted by molar-refractivity contribution is 6.07. The Morgan fingerprint density at radius 3 is 1.49 bits per heavy atom. The Morgan fingerprint density at radius 1 is 0.463 bits per heavy atom. The van der Waals surface area contributed by atoms with Crippen molar-refractivity contribution >= 4 is 93.3 Å². The summed E-state index contributed by atoms with van der Waals surface area (Å²) in [6.07, 6.45) is 14.4. The molecule has 31 nitrogen and oxygen atoms in total. The molecule has 0 radical (unpaired) electrons. The molecule has 2 aliphatic carbocycles. The van der Waals surface area contributed by atoms with E-state index in [0.717, 1.165) is 169 Å². The molecule has 2 saturated carbocycles. The second-order valence-corrected chi connectivity index (χ2v) is 43.2. The van der Waals surface area contributed by atoms with Crippen LogP contribution in [0.2, 0.25) is 0 Å². The fraction of sp³-hybridized carbons (Fsp3) is 0.604. The van der Waals surface area contributed by atoms with Crippen LogP contribution < -0.4 is 61.7 Å². The molecule has 14 heterocycles. The van der Waals surface area contributed by atoms with E-state index < -0.39 is 58.2 Å².